The van der Waals surface area contributed by atoms with Gasteiger partial charge in [0.25, 0.3) is 0 Å². The molecule has 7 heteroatoms. The second kappa shape index (κ2) is 6.91. The first kappa shape index (κ1) is 15.8. The van der Waals surface area contributed by atoms with Crippen LogP contribution in [0.1, 0.15) is 25.7 Å². The molecule has 21 heavy (non-hydrogen) atoms. The molecule has 1 aromatic rings. The summed E-state index contributed by atoms with van der Waals surface area (Å²) >= 11 is 0. The van der Waals surface area contributed by atoms with E-state index in [1.54, 1.807) is 24.3 Å². The van der Waals surface area contributed by atoms with Gasteiger partial charge < -0.3 is 10.6 Å². The lowest BCUT2D eigenvalue weighted by atomic mass is 10.2. The highest BCUT2D eigenvalue weighted by Gasteiger charge is 2.22. The molecule has 0 atom stereocenters. The first-order chi connectivity index (χ1) is 10.0. The van der Waals surface area contributed by atoms with E-state index in [4.69, 9.17) is 0 Å². The van der Waals surface area contributed by atoms with Crippen molar-refractivity contribution in [2.75, 3.05) is 18.9 Å². The van der Waals surface area contributed by atoms with Crippen LogP contribution in [0.3, 0.4) is 0 Å². The summed E-state index contributed by atoms with van der Waals surface area (Å²) < 4.78 is 26.1. The molecule has 1 fully saturated rings. The average molecular weight is 311 g/mol. The van der Waals surface area contributed by atoms with Crippen LogP contribution in [0.15, 0.2) is 29.2 Å². The molecule has 0 radical (unpaired) electrons. The Labute approximate surface area is 125 Å². The Morgan fingerprint density at radius 2 is 2.00 bits per heavy atom. The van der Waals surface area contributed by atoms with E-state index in [1.807, 2.05) is 0 Å². The summed E-state index contributed by atoms with van der Waals surface area (Å²) in [5, 5.41) is 6.00. The molecule has 0 aliphatic heterocycles. The third-order valence-corrected chi connectivity index (χ3v) is 4.76. The van der Waals surface area contributed by atoms with Gasteiger partial charge in [0, 0.05) is 19.0 Å². The second-order valence-corrected chi connectivity index (χ2v) is 6.93. The summed E-state index contributed by atoms with van der Waals surface area (Å²) in [5.74, 6) is 0.0652. The third-order valence-electron chi connectivity index (χ3n) is 3.28. The molecule has 0 spiro atoms. The number of para-hydroxylation sites is 1. The van der Waals surface area contributed by atoms with Gasteiger partial charge in [0.05, 0.1) is 5.69 Å². The molecule has 116 valence electrons. The number of sulfonamides is 1. The maximum absolute atomic E-state index is 11.9. The minimum atomic E-state index is -3.48. The molecule has 0 aromatic heterocycles. The highest BCUT2D eigenvalue weighted by Crippen LogP contribution is 2.20. The zero-order valence-electron chi connectivity index (χ0n) is 12.1. The number of rotatable bonds is 8. The van der Waals surface area contributed by atoms with Crippen molar-refractivity contribution in [3.05, 3.63) is 24.3 Å². The summed E-state index contributed by atoms with van der Waals surface area (Å²) in [5.41, 5.74) is 0.550. The van der Waals surface area contributed by atoms with E-state index >= 15 is 0 Å². The molecule has 1 saturated carbocycles. The Balaban J connectivity index is 1.84. The van der Waals surface area contributed by atoms with Crippen LogP contribution >= 0.6 is 0 Å². The fourth-order valence-electron chi connectivity index (χ4n) is 1.96. The van der Waals surface area contributed by atoms with E-state index in [0.717, 1.165) is 12.8 Å². The SMILES string of the molecule is CNS(=O)(=O)c1ccccc1NCCCC(=O)NC1CC1. The zero-order chi connectivity index (χ0) is 15.3. The summed E-state index contributed by atoms with van der Waals surface area (Å²) in [7, 11) is -2.10. The van der Waals surface area contributed by atoms with E-state index in [9.17, 15) is 13.2 Å². The van der Waals surface area contributed by atoms with Gasteiger partial charge in [0.1, 0.15) is 4.90 Å². The lowest BCUT2D eigenvalue weighted by molar-refractivity contribution is -0.121. The molecule has 0 saturated heterocycles. The first-order valence-corrected chi connectivity index (χ1v) is 8.57. The minimum Gasteiger partial charge on any atom is -0.384 e. The molecule has 2 rings (SSSR count). The zero-order valence-corrected chi connectivity index (χ0v) is 12.9. The smallest absolute Gasteiger partial charge is 0.242 e. The summed E-state index contributed by atoms with van der Waals surface area (Å²) in [4.78, 5) is 11.8. The molecule has 1 amide bonds. The molecule has 1 aliphatic carbocycles. The fraction of sp³-hybridized carbons (Fsp3) is 0.500. The van der Waals surface area contributed by atoms with Crippen LogP contribution in [0.2, 0.25) is 0 Å². The molecule has 1 aromatic carbocycles. The van der Waals surface area contributed by atoms with Crippen LogP contribution in [-0.4, -0.2) is 34.0 Å². The maximum Gasteiger partial charge on any atom is 0.242 e. The summed E-state index contributed by atoms with van der Waals surface area (Å²) in [6.07, 6.45) is 3.27. The third kappa shape index (κ3) is 4.71. The number of carbonyl (C=O) groups excluding carboxylic acids is 1. The molecule has 0 heterocycles. The van der Waals surface area contributed by atoms with Crippen molar-refractivity contribution in [2.24, 2.45) is 0 Å². The summed E-state index contributed by atoms with van der Waals surface area (Å²) in [6, 6.07) is 7.10. The van der Waals surface area contributed by atoms with Gasteiger partial charge in [-0.3, -0.25) is 4.79 Å². The van der Waals surface area contributed by atoms with Gasteiger partial charge in [0.15, 0.2) is 0 Å². The second-order valence-electron chi connectivity index (χ2n) is 5.08. The number of anilines is 1. The molecular weight excluding hydrogens is 290 g/mol. The Bertz CT molecular complexity index is 597. The Kier molecular flexibility index (Phi) is 5.19. The number of hydrogen-bond acceptors (Lipinski definition) is 4. The highest BCUT2D eigenvalue weighted by molar-refractivity contribution is 7.89. The predicted octanol–water partition coefficient (Wildman–Crippen LogP) is 1.07. The monoisotopic (exact) mass is 311 g/mol. The van der Waals surface area contributed by atoms with E-state index < -0.39 is 10.0 Å². The van der Waals surface area contributed by atoms with Crippen molar-refractivity contribution in [1.82, 2.24) is 10.0 Å². The van der Waals surface area contributed by atoms with Crippen LogP contribution in [0, 0.1) is 0 Å². The van der Waals surface area contributed by atoms with Crippen LogP contribution in [0.4, 0.5) is 5.69 Å². The van der Waals surface area contributed by atoms with Gasteiger partial charge in [-0.05, 0) is 38.4 Å². The van der Waals surface area contributed by atoms with Crippen molar-refractivity contribution in [1.29, 1.82) is 0 Å². The summed E-state index contributed by atoms with van der Waals surface area (Å²) in [6.45, 7) is 0.550. The lowest BCUT2D eigenvalue weighted by Crippen LogP contribution is -2.25. The molecule has 0 bridgehead atoms. The van der Waals surface area contributed by atoms with Crippen molar-refractivity contribution >= 4 is 21.6 Å². The number of carbonyl (C=O) groups is 1. The Morgan fingerprint density at radius 3 is 2.67 bits per heavy atom. The van der Waals surface area contributed by atoms with E-state index in [-0.39, 0.29) is 10.8 Å². The van der Waals surface area contributed by atoms with Crippen LogP contribution in [0.5, 0.6) is 0 Å². The predicted molar refractivity (Wildman–Crippen MR) is 81.6 cm³/mol. The Morgan fingerprint density at radius 1 is 1.29 bits per heavy atom. The average Bonchev–Trinajstić information content (AvgIpc) is 3.28. The van der Waals surface area contributed by atoms with Gasteiger partial charge in [-0.1, -0.05) is 12.1 Å². The molecule has 3 N–H and O–H groups in total. The minimum absolute atomic E-state index is 0.0652. The first-order valence-electron chi connectivity index (χ1n) is 7.09. The number of amides is 1. The highest BCUT2D eigenvalue weighted by atomic mass is 32.2. The van der Waals surface area contributed by atoms with E-state index in [2.05, 4.69) is 15.4 Å². The molecule has 1 aliphatic rings. The van der Waals surface area contributed by atoms with Crippen molar-refractivity contribution in [3.63, 3.8) is 0 Å². The van der Waals surface area contributed by atoms with Gasteiger partial charge in [-0.2, -0.15) is 0 Å². The Hall–Kier alpha value is -1.60. The van der Waals surface area contributed by atoms with Crippen LogP contribution < -0.4 is 15.4 Å². The molecular formula is C14H21N3O3S. The molecule has 0 unspecified atom stereocenters. The topological polar surface area (TPSA) is 87.3 Å². The van der Waals surface area contributed by atoms with Gasteiger partial charge in [0.2, 0.25) is 15.9 Å². The largest absolute Gasteiger partial charge is 0.384 e. The standard InChI is InChI=1S/C14H21N3O3S/c1-15-21(19,20)13-6-3-2-5-12(13)16-10-4-7-14(18)17-11-8-9-11/h2-3,5-6,11,15-16H,4,7-10H2,1H3,(H,17,18). The fourth-order valence-corrected chi connectivity index (χ4v) is 2.86. The van der Waals surface area contributed by atoms with Crippen molar-refractivity contribution in [2.45, 2.75) is 36.6 Å². The van der Waals surface area contributed by atoms with Crippen molar-refractivity contribution in [3.8, 4) is 0 Å². The maximum atomic E-state index is 11.9. The van der Waals surface area contributed by atoms with Crippen LogP contribution in [0.25, 0.3) is 0 Å². The lowest BCUT2D eigenvalue weighted by Gasteiger charge is -2.11. The quantitative estimate of drug-likeness (QED) is 0.627. The van der Waals surface area contributed by atoms with Gasteiger partial charge in [-0.15, -0.1) is 0 Å². The van der Waals surface area contributed by atoms with E-state index in [0.29, 0.717) is 31.1 Å². The molecule has 6 nitrogen and oxygen atoms in total. The number of benzene rings is 1. The number of nitrogens with one attached hydrogen (secondary N) is 3. The van der Waals surface area contributed by atoms with Gasteiger partial charge >= 0.3 is 0 Å². The normalized spacial score (nSPS) is 14.7. The number of hydrogen-bond donors (Lipinski definition) is 3. The van der Waals surface area contributed by atoms with Crippen LogP contribution in [-0.2, 0) is 14.8 Å². The van der Waals surface area contributed by atoms with Gasteiger partial charge in [-0.25, -0.2) is 13.1 Å². The van der Waals surface area contributed by atoms with E-state index in [1.165, 1.54) is 7.05 Å². The van der Waals surface area contributed by atoms with Crippen molar-refractivity contribution < 1.29 is 13.2 Å².